The van der Waals surface area contributed by atoms with E-state index < -0.39 is 0 Å². The van der Waals surface area contributed by atoms with Crippen LogP contribution in [0.15, 0.2) is 22.9 Å². The van der Waals surface area contributed by atoms with E-state index in [1.165, 1.54) is 0 Å². The molecule has 2 aromatic rings. The number of rotatable bonds is 4. The molecule has 0 radical (unpaired) electrons. The molecule has 6 heteroatoms. The molecule has 0 aliphatic rings. The molecule has 2 rings (SSSR count). The topological polar surface area (TPSA) is 73.0 Å². The SMILES string of the molecule is CCc1cnc(NC(=O)Cc2ccn(C)n2)o1. The first-order valence-electron chi connectivity index (χ1n) is 5.40. The van der Waals surface area contributed by atoms with Gasteiger partial charge in [-0.1, -0.05) is 6.92 Å². The van der Waals surface area contributed by atoms with Gasteiger partial charge in [0.25, 0.3) is 0 Å². The number of oxazole rings is 1. The Labute approximate surface area is 98.6 Å². The largest absolute Gasteiger partial charge is 0.429 e. The van der Waals surface area contributed by atoms with Crippen molar-refractivity contribution in [1.29, 1.82) is 0 Å². The molecule has 0 aromatic carbocycles. The number of nitrogens with zero attached hydrogens (tertiary/aromatic N) is 3. The summed E-state index contributed by atoms with van der Waals surface area (Å²) in [5, 5.41) is 6.71. The molecule has 0 aliphatic heterocycles. The first-order chi connectivity index (χ1) is 8.17. The molecule has 0 unspecified atom stereocenters. The van der Waals surface area contributed by atoms with Gasteiger partial charge in [-0.25, -0.2) is 4.98 Å². The predicted molar refractivity (Wildman–Crippen MR) is 61.4 cm³/mol. The van der Waals surface area contributed by atoms with E-state index in [1.807, 2.05) is 14.0 Å². The molecule has 1 N–H and O–H groups in total. The third kappa shape index (κ3) is 2.93. The first-order valence-corrected chi connectivity index (χ1v) is 5.40. The highest BCUT2D eigenvalue weighted by Gasteiger charge is 2.09. The van der Waals surface area contributed by atoms with Gasteiger partial charge >= 0.3 is 6.01 Å². The van der Waals surface area contributed by atoms with Gasteiger partial charge in [0.1, 0.15) is 5.76 Å². The molecule has 0 atom stereocenters. The number of carbonyl (C=O) groups is 1. The third-order valence-corrected chi connectivity index (χ3v) is 2.26. The normalized spacial score (nSPS) is 10.5. The maximum atomic E-state index is 11.6. The molecule has 1 amide bonds. The van der Waals surface area contributed by atoms with Crippen molar-refractivity contribution < 1.29 is 9.21 Å². The maximum absolute atomic E-state index is 11.6. The van der Waals surface area contributed by atoms with Gasteiger partial charge in [0.05, 0.1) is 18.3 Å². The summed E-state index contributed by atoms with van der Waals surface area (Å²) in [5.41, 5.74) is 0.715. The van der Waals surface area contributed by atoms with Crippen molar-refractivity contribution in [3.63, 3.8) is 0 Å². The number of nitrogens with one attached hydrogen (secondary N) is 1. The average Bonchev–Trinajstić information content (AvgIpc) is 2.88. The van der Waals surface area contributed by atoms with E-state index in [1.54, 1.807) is 23.1 Å². The molecule has 2 aromatic heterocycles. The number of aromatic nitrogens is 3. The van der Waals surface area contributed by atoms with Crippen LogP contribution in [0, 0.1) is 0 Å². The second-order valence-corrected chi connectivity index (χ2v) is 3.69. The molecule has 0 aliphatic carbocycles. The van der Waals surface area contributed by atoms with Gasteiger partial charge in [-0.2, -0.15) is 5.10 Å². The van der Waals surface area contributed by atoms with Gasteiger partial charge in [0, 0.05) is 19.7 Å². The number of anilines is 1. The number of hydrogen-bond acceptors (Lipinski definition) is 4. The van der Waals surface area contributed by atoms with Gasteiger partial charge in [-0.15, -0.1) is 0 Å². The Hall–Kier alpha value is -2.11. The van der Waals surface area contributed by atoms with E-state index in [4.69, 9.17) is 4.42 Å². The summed E-state index contributed by atoms with van der Waals surface area (Å²) < 4.78 is 6.93. The van der Waals surface area contributed by atoms with Gasteiger partial charge in [0.15, 0.2) is 0 Å². The van der Waals surface area contributed by atoms with Crippen LogP contribution in [0.5, 0.6) is 0 Å². The fourth-order valence-electron chi connectivity index (χ4n) is 1.41. The number of amides is 1. The summed E-state index contributed by atoms with van der Waals surface area (Å²) in [5.74, 6) is 0.561. The van der Waals surface area contributed by atoms with E-state index in [0.29, 0.717) is 5.69 Å². The van der Waals surface area contributed by atoms with Crippen LogP contribution >= 0.6 is 0 Å². The van der Waals surface area contributed by atoms with E-state index in [0.717, 1.165) is 12.2 Å². The molecular formula is C11H14N4O2. The molecule has 0 fully saturated rings. The van der Waals surface area contributed by atoms with Gasteiger partial charge in [-0.3, -0.25) is 14.8 Å². The smallest absolute Gasteiger partial charge is 0.301 e. The van der Waals surface area contributed by atoms with Crippen LogP contribution in [0.4, 0.5) is 6.01 Å². The number of aryl methyl sites for hydroxylation is 2. The first kappa shape index (κ1) is 11.4. The quantitative estimate of drug-likeness (QED) is 0.861. The summed E-state index contributed by atoms with van der Waals surface area (Å²) >= 11 is 0. The van der Waals surface area contributed by atoms with Crippen molar-refractivity contribution in [2.75, 3.05) is 5.32 Å². The summed E-state index contributed by atoms with van der Waals surface area (Å²) in [6.07, 6.45) is 4.37. The minimum absolute atomic E-state index is 0.187. The highest BCUT2D eigenvalue weighted by molar-refractivity contribution is 5.89. The lowest BCUT2D eigenvalue weighted by molar-refractivity contribution is -0.115. The van der Waals surface area contributed by atoms with Crippen LogP contribution < -0.4 is 5.32 Å². The number of hydrogen-bond donors (Lipinski definition) is 1. The molecule has 0 bridgehead atoms. The van der Waals surface area contributed by atoms with Crippen molar-refractivity contribution in [2.24, 2.45) is 7.05 Å². The Morgan fingerprint density at radius 2 is 2.41 bits per heavy atom. The van der Waals surface area contributed by atoms with Gasteiger partial charge < -0.3 is 4.42 Å². The van der Waals surface area contributed by atoms with Crippen molar-refractivity contribution in [1.82, 2.24) is 14.8 Å². The number of carbonyl (C=O) groups excluding carboxylic acids is 1. The Morgan fingerprint density at radius 1 is 1.59 bits per heavy atom. The van der Waals surface area contributed by atoms with Crippen LogP contribution in [-0.2, 0) is 24.7 Å². The van der Waals surface area contributed by atoms with E-state index in [-0.39, 0.29) is 18.3 Å². The zero-order valence-corrected chi connectivity index (χ0v) is 9.80. The highest BCUT2D eigenvalue weighted by Crippen LogP contribution is 2.09. The lowest BCUT2D eigenvalue weighted by Gasteiger charge is -1.98. The van der Waals surface area contributed by atoms with Crippen molar-refractivity contribution >= 4 is 11.9 Å². The molecule has 17 heavy (non-hydrogen) atoms. The Balaban J connectivity index is 1.93. The van der Waals surface area contributed by atoms with Crippen LogP contribution in [0.25, 0.3) is 0 Å². The fraction of sp³-hybridized carbons (Fsp3) is 0.364. The summed E-state index contributed by atoms with van der Waals surface area (Å²) in [7, 11) is 1.81. The standard InChI is InChI=1S/C11H14N4O2/c1-3-9-7-12-11(17-9)13-10(16)6-8-4-5-15(2)14-8/h4-5,7H,3,6H2,1-2H3,(H,12,13,16). The maximum Gasteiger partial charge on any atom is 0.301 e. The Bertz CT molecular complexity index is 515. The molecule has 0 spiro atoms. The van der Waals surface area contributed by atoms with Crippen LogP contribution in [0.3, 0.4) is 0 Å². The van der Waals surface area contributed by atoms with Gasteiger partial charge in [-0.05, 0) is 6.07 Å². The lowest BCUT2D eigenvalue weighted by atomic mass is 10.3. The highest BCUT2D eigenvalue weighted by atomic mass is 16.4. The summed E-state index contributed by atoms with van der Waals surface area (Å²) in [4.78, 5) is 15.6. The molecule has 90 valence electrons. The predicted octanol–water partition coefficient (Wildman–Crippen LogP) is 1.15. The Kier molecular flexibility index (Phi) is 3.22. The van der Waals surface area contributed by atoms with Crippen LogP contribution in [0.1, 0.15) is 18.4 Å². The molecule has 0 saturated carbocycles. The van der Waals surface area contributed by atoms with Crippen LogP contribution in [-0.4, -0.2) is 20.7 Å². The molecular weight excluding hydrogens is 220 g/mol. The van der Waals surface area contributed by atoms with Gasteiger partial charge in [0.2, 0.25) is 5.91 Å². The monoisotopic (exact) mass is 234 g/mol. The van der Waals surface area contributed by atoms with Crippen molar-refractivity contribution in [3.05, 3.63) is 29.9 Å². The Morgan fingerprint density at radius 3 is 3.00 bits per heavy atom. The summed E-state index contributed by atoms with van der Waals surface area (Å²) in [6, 6.07) is 2.04. The third-order valence-electron chi connectivity index (χ3n) is 2.26. The summed E-state index contributed by atoms with van der Waals surface area (Å²) in [6.45, 7) is 1.96. The molecule has 0 saturated heterocycles. The molecule has 2 heterocycles. The van der Waals surface area contributed by atoms with Crippen molar-refractivity contribution in [2.45, 2.75) is 19.8 Å². The minimum atomic E-state index is -0.187. The van der Waals surface area contributed by atoms with E-state index in [9.17, 15) is 4.79 Å². The average molecular weight is 234 g/mol. The second kappa shape index (κ2) is 4.82. The van der Waals surface area contributed by atoms with Crippen molar-refractivity contribution in [3.8, 4) is 0 Å². The minimum Gasteiger partial charge on any atom is -0.429 e. The zero-order valence-electron chi connectivity index (χ0n) is 9.80. The van der Waals surface area contributed by atoms with E-state index >= 15 is 0 Å². The fourth-order valence-corrected chi connectivity index (χ4v) is 1.41. The lowest BCUT2D eigenvalue weighted by Crippen LogP contribution is -2.15. The second-order valence-electron chi connectivity index (χ2n) is 3.69. The molecule has 6 nitrogen and oxygen atoms in total. The zero-order chi connectivity index (χ0) is 12.3. The van der Waals surface area contributed by atoms with E-state index in [2.05, 4.69) is 15.4 Å². The van der Waals surface area contributed by atoms with Crippen LogP contribution in [0.2, 0.25) is 0 Å².